The fraction of sp³-hybridized carbons (Fsp3) is 0.412. The molecular weight excluding hydrogens is 315 g/mol. The molecule has 0 bridgehead atoms. The van der Waals surface area contributed by atoms with E-state index in [-0.39, 0.29) is 5.82 Å². The highest BCUT2D eigenvalue weighted by atomic mass is 32.2. The smallest absolute Gasteiger partial charge is 0.413 e. The van der Waals surface area contributed by atoms with Crippen LogP contribution in [0.3, 0.4) is 0 Å². The summed E-state index contributed by atoms with van der Waals surface area (Å²) in [4.78, 5) is 17.4. The van der Waals surface area contributed by atoms with E-state index in [2.05, 4.69) is 4.99 Å². The van der Waals surface area contributed by atoms with Gasteiger partial charge in [0.2, 0.25) is 0 Å². The molecule has 124 valence electrons. The molecule has 1 aromatic rings. The predicted molar refractivity (Wildman–Crippen MR) is 92.3 cm³/mol. The van der Waals surface area contributed by atoms with Crippen LogP contribution in [0.5, 0.6) is 0 Å². The Kier molecular flexibility index (Phi) is 4.57. The molecule has 1 aromatic carbocycles. The molecule has 1 atom stereocenters. The zero-order valence-corrected chi connectivity index (χ0v) is 14.7. The van der Waals surface area contributed by atoms with Gasteiger partial charge in [-0.15, -0.1) is 0 Å². The van der Waals surface area contributed by atoms with Crippen molar-refractivity contribution in [1.29, 1.82) is 0 Å². The molecule has 0 saturated carbocycles. The summed E-state index contributed by atoms with van der Waals surface area (Å²) < 4.78 is 14.5. The normalized spacial score (nSPS) is 21.0. The number of carboxylic acid groups (broad SMARTS) is 1. The van der Waals surface area contributed by atoms with Crippen molar-refractivity contribution in [2.45, 2.75) is 45.7 Å². The quantitative estimate of drug-likeness (QED) is 0.805. The largest absolute Gasteiger partial charge is 0.465 e. The van der Waals surface area contributed by atoms with Gasteiger partial charge in [0, 0.05) is 11.1 Å². The summed E-state index contributed by atoms with van der Waals surface area (Å²) >= 11 is 1.23. The molecule has 1 amide bonds. The number of hydrogen-bond donors (Lipinski definition) is 1. The lowest BCUT2D eigenvalue weighted by Crippen LogP contribution is -2.48. The highest BCUT2D eigenvalue weighted by molar-refractivity contribution is 8.16. The molecule has 0 aliphatic carbocycles. The third-order valence-corrected chi connectivity index (χ3v) is 4.44. The van der Waals surface area contributed by atoms with E-state index in [0.717, 1.165) is 0 Å². The molecule has 1 aliphatic rings. The maximum Gasteiger partial charge on any atom is 0.413 e. The Morgan fingerprint density at radius 2 is 2.04 bits per heavy atom. The molecule has 1 unspecified atom stereocenters. The monoisotopic (exact) mass is 336 g/mol. The number of aliphatic imine (C=N–C) groups is 1. The van der Waals surface area contributed by atoms with Crippen LogP contribution >= 0.6 is 11.8 Å². The molecule has 0 spiro atoms. The average molecular weight is 336 g/mol. The molecule has 1 heterocycles. The molecule has 2 rings (SSSR count). The number of carbonyl (C=O) groups is 1. The number of benzene rings is 1. The predicted octanol–water partition coefficient (Wildman–Crippen LogP) is 4.74. The summed E-state index contributed by atoms with van der Waals surface area (Å²) in [6, 6.07) is 5.17. The zero-order valence-electron chi connectivity index (χ0n) is 13.9. The van der Waals surface area contributed by atoms with Gasteiger partial charge in [0.1, 0.15) is 11.4 Å². The second kappa shape index (κ2) is 6.00. The Balaban J connectivity index is 2.54. The number of thioether (sulfide) groups is 1. The summed E-state index contributed by atoms with van der Waals surface area (Å²) in [7, 11) is 0. The van der Waals surface area contributed by atoms with Crippen molar-refractivity contribution >= 4 is 23.0 Å². The van der Waals surface area contributed by atoms with E-state index in [9.17, 15) is 14.3 Å². The fourth-order valence-electron chi connectivity index (χ4n) is 2.44. The molecule has 23 heavy (non-hydrogen) atoms. The first-order valence-electron chi connectivity index (χ1n) is 7.29. The molecule has 0 radical (unpaired) electrons. The Labute approximate surface area is 140 Å². The second-order valence-corrected chi connectivity index (χ2v) is 7.56. The van der Waals surface area contributed by atoms with Gasteiger partial charge < -0.3 is 5.11 Å². The van der Waals surface area contributed by atoms with Gasteiger partial charge >= 0.3 is 6.09 Å². The first-order valence-corrected chi connectivity index (χ1v) is 8.17. The molecule has 0 saturated heterocycles. The van der Waals surface area contributed by atoms with Gasteiger partial charge in [-0.1, -0.05) is 30.0 Å². The van der Waals surface area contributed by atoms with Gasteiger partial charge in [-0.2, -0.15) is 0 Å². The van der Waals surface area contributed by atoms with Crippen LogP contribution in [-0.4, -0.2) is 26.8 Å². The number of halogens is 1. The first-order chi connectivity index (χ1) is 10.6. The first kappa shape index (κ1) is 17.5. The van der Waals surface area contributed by atoms with Crippen LogP contribution in [0, 0.1) is 12.7 Å². The minimum Gasteiger partial charge on any atom is -0.465 e. The van der Waals surface area contributed by atoms with Crippen LogP contribution in [0.1, 0.15) is 38.8 Å². The zero-order chi connectivity index (χ0) is 17.4. The molecule has 0 fully saturated rings. The van der Waals surface area contributed by atoms with E-state index in [1.807, 2.05) is 0 Å². The van der Waals surface area contributed by atoms with E-state index in [1.54, 1.807) is 64.3 Å². The lowest BCUT2D eigenvalue weighted by Gasteiger charge is -2.36. The standard InChI is InChI=1S/C17H21FN2O2S/c1-11-7-6-8-12(13(11)18)17(5)9-10-23-14(19-17)20(15(21)22)16(2,3)4/h6-10H,1-5H3,(H,21,22). The van der Waals surface area contributed by atoms with Crippen LogP contribution < -0.4 is 0 Å². The molecular formula is C17H21FN2O2S. The lowest BCUT2D eigenvalue weighted by molar-refractivity contribution is 0.142. The van der Waals surface area contributed by atoms with E-state index in [4.69, 9.17) is 0 Å². The Morgan fingerprint density at radius 3 is 2.61 bits per heavy atom. The maximum atomic E-state index is 14.5. The summed E-state index contributed by atoms with van der Waals surface area (Å²) in [5.41, 5.74) is -0.603. The SMILES string of the molecule is Cc1cccc(C2(C)C=CSC(N(C(=O)O)C(C)(C)C)=N2)c1F. The second-order valence-electron chi connectivity index (χ2n) is 6.69. The highest BCUT2D eigenvalue weighted by Crippen LogP contribution is 2.37. The number of amidine groups is 1. The van der Waals surface area contributed by atoms with Crippen LogP contribution in [0.25, 0.3) is 0 Å². The molecule has 4 nitrogen and oxygen atoms in total. The van der Waals surface area contributed by atoms with Gasteiger partial charge in [0.15, 0.2) is 5.17 Å². The maximum absolute atomic E-state index is 14.5. The summed E-state index contributed by atoms with van der Waals surface area (Å²) in [5, 5.41) is 11.6. The molecule has 6 heteroatoms. The van der Waals surface area contributed by atoms with E-state index in [1.165, 1.54) is 16.7 Å². The van der Waals surface area contributed by atoms with Crippen molar-refractivity contribution in [2.75, 3.05) is 0 Å². The Morgan fingerprint density at radius 1 is 1.39 bits per heavy atom. The van der Waals surface area contributed by atoms with Crippen molar-refractivity contribution in [3.8, 4) is 0 Å². The van der Waals surface area contributed by atoms with Gasteiger partial charge in [0.25, 0.3) is 0 Å². The minimum atomic E-state index is -1.08. The molecule has 1 N–H and O–H groups in total. The lowest BCUT2D eigenvalue weighted by atomic mass is 9.91. The van der Waals surface area contributed by atoms with Crippen molar-refractivity contribution in [2.24, 2.45) is 4.99 Å². The third kappa shape index (κ3) is 3.42. The number of aryl methyl sites for hydroxylation is 1. The van der Waals surface area contributed by atoms with Crippen LogP contribution in [0.2, 0.25) is 0 Å². The number of hydrogen-bond acceptors (Lipinski definition) is 3. The van der Waals surface area contributed by atoms with Gasteiger partial charge in [0.05, 0.1) is 0 Å². The van der Waals surface area contributed by atoms with Gasteiger partial charge in [-0.25, -0.2) is 14.2 Å². The van der Waals surface area contributed by atoms with E-state index in [0.29, 0.717) is 16.3 Å². The topological polar surface area (TPSA) is 52.9 Å². The van der Waals surface area contributed by atoms with E-state index >= 15 is 0 Å². The fourth-order valence-corrected chi connectivity index (χ4v) is 3.59. The average Bonchev–Trinajstić information content (AvgIpc) is 2.39. The van der Waals surface area contributed by atoms with Crippen molar-refractivity contribution < 1.29 is 14.3 Å². The Hall–Kier alpha value is -1.82. The van der Waals surface area contributed by atoms with E-state index < -0.39 is 17.2 Å². The molecule has 1 aliphatic heterocycles. The number of amides is 1. The molecule has 0 aromatic heterocycles. The Bertz CT molecular complexity index is 694. The van der Waals surface area contributed by atoms with Crippen LogP contribution in [-0.2, 0) is 5.54 Å². The minimum absolute atomic E-state index is 0.313. The third-order valence-electron chi connectivity index (χ3n) is 3.68. The van der Waals surface area contributed by atoms with Crippen LogP contribution in [0.4, 0.5) is 9.18 Å². The van der Waals surface area contributed by atoms with Gasteiger partial charge in [-0.3, -0.25) is 4.90 Å². The van der Waals surface area contributed by atoms with Crippen LogP contribution in [0.15, 0.2) is 34.7 Å². The highest BCUT2D eigenvalue weighted by Gasteiger charge is 2.36. The summed E-state index contributed by atoms with van der Waals surface area (Å²) in [6.07, 6.45) is 0.716. The summed E-state index contributed by atoms with van der Waals surface area (Å²) in [5.74, 6) is -0.313. The number of rotatable bonds is 1. The summed E-state index contributed by atoms with van der Waals surface area (Å²) in [6.45, 7) is 8.88. The van der Waals surface area contributed by atoms with Crippen molar-refractivity contribution in [3.05, 3.63) is 46.6 Å². The number of nitrogens with zero attached hydrogens (tertiary/aromatic N) is 2. The van der Waals surface area contributed by atoms with Crippen molar-refractivity contribution in [1.82, 2.24) is 4.90 Å². The van der Waals surface area contributed by atoms with Gasteiger partial charge in [-0.05, 0) is 51.7 Å². The van der Waals surface area contributed by atoms with Crippen molar-refractivity contribution in [3.63, 3.8) is 0 Å².